The molecule has 1 N–H and O–H groups in total. The molecule has 1 heterocycles. The second-order valence-electron chi connectivity index (χ2n) is 3.76. The van der Waals surface area contributed by atoms with Crippen LogP contribution in [0.1, 0.15) is 0 Å². The lowest BCUT2D eigenvalue weighted by Gasteiger charge is -1.99. The summed E-state index contributed by atoms with van der Waals surface area (Å²) >= 11 is 6.02. The zero-order valence-corrected chi connectivity index (χ0v) is 11.8. The summed E-state index contributed by atoms with van der Waals surface area (Å²) in [5.41, 5.74) is 3.51. The Labute approximate surface area is 123 Å². The number of halogens is 3. The van der Waals surface area contributed by atoms with Crippen LogP contribution in [0.2, 0.25) is 5.02 Å². The summed E-state index contributed by atoms with van der Waals surface area (Å²) in [5, 5.41) is 1.93. The standard InChI is InChI=1S/C14H10ClN.2ClH/c15-11-6-7-14-12(8-11)13(9-16-14)10-4-2-1-3-5-10;;/h1-9,16H;2*1H. The summed E-state index contributed by atoms with van der Waals surface area (Å²) in [7, 11) is 0. The van der Waals surface area contributed by atoms with Crippen LogP contribution in [0, 0.1) is 0 Å². The van der Waals surface area contributed by atoms with Gasteiger partial charge in [0.15, 0.2) is 0 Å². The van der Waals surface area contributed by atoms with Crippen molar-refractivity contribution in [1.29, 1.82) is 0 Å². The number of aromatic amines is 1. The SMILES string of the molecule is Cl.Cl.Clc1ccc2[nH]cc(-c3ccccc3)c2c1. The largest absolute Gasteiger partial charge is 0.361 e. The van der Waals surface area contributed by atoms with E-state index >= 15 is 0 Å². The van der Waals surface area contributed by atoms with Gasteiger partial charge in [-0.2, -0.15) is 0 Å². The van der Waals surface area contributed by atoms with Gasteiger partial charge in [0.1, 0.15) is 0 Å². The van der Waals surface area contributed by atoms with Crippen LogP contribution in [0.4, 0.5) is 0 Å². The highest BCUT2D eigenvalue weighted by molar-refractivity contribution is 6.31. The van der Waals surface area contributed by atoms with E-state index in [-0.39, 0.29) is 24.8 Å². The highest BCUT2D eigenvalue weighted by atomic mass is 35.5. The van der Waals surface area contributed by atoms with Crippen LogP contribution < -0.4 is 0 Å². The lowest BCUT2D eigenvalue weighted by atomic mass is 10.1. The van der Waals surface area contributed by atoms with E-state index < -0.39 is 0 Å². The summed E-state index contributed by atoms with van der Waals surface area (Å²) in [5.74, 6) is 0. The normalized spacial score (nSPS) is 9.61. The lowest BCUT2D eigenvalue weighted by Crippen LogP contribution is -1.74. The van der Waals surface area contributed by atoms with E-state index in [2.05, 4.69) is 17.1 Å². The van der Waals surface area contributed by atoms with Crippen molar-refractivity contribution in [2.75, 3.05) is 0 Å². The molecule has 3 rings (SSSR count). The number of hydrogen-bond donors (Lipinski definition) is 1. The number of fused-ring (bicyclic) bond motifs is 1. The molecule has 0 atom stereocenters. The Bertz CT molecular complexity index is 632. The zero-order chi connectivity index (χ0) is 11.0. The van der Waals surface area contributed by atoms with Crippen molar-refractivity contribution < 1.29 is 0 Å². The first-order chi connectivity index (χ1) is 7.84. The average molecular weight is 301 g/mol. The van der Waals surface area contributed by atoms with Gasteiger partial charge in [0, 0.05) is 27.7 Å². The Morgan fingerprint density at radius 3 is 2.33 bits per heavy atom. The average Bonchev–Trinajstić information content (AvgIpc) is 2.73. The highest BCUT2D eigenvalue weighted by Gasteiger charge is 2.05. The maximum Gasteiger partial charge on any atom is 0.0461 e. The fraction of sp³-hybridized carbons (Fsp3) is 0. The molecule has 0 aliphatic rings. The summed E-state index contributed by atoms with van der Waals surface area (Å²) in [6.07, 6.45) is 2.02. The number of nitrogens with one attached hydrogen (secondary N) is 1. The van der Waals surface area contributed by atoms with Crippen LogP contribution in [0.15, 0.2) is 54.7 Å². The summed E-state index contributed by atoms with van der Waals surface area (Å²) in [4.78, 5) is 3.26. The predicted octanol–water partition coefficient (Wildman–Crippen LogP) is 5.33. The monoisotopic (exact) mass is 299 g/mol. The van der Waals surface area contributed by atoms with Crippen LogP contribution in [-0.4, -0.2) is 4.98 Å². The Kier molecular flexibility index (Phi) is 5.09. The predicted molar refractivity (Wildman–Crippen MR) is 83.2 cm³/mol. The van der Waals surface area contributed by atoms with E-state index in [4.69, 9.17) is 11.6 Å². The van der Waals surface area contributed by atoms with E-state index in [1.54, 1.807) is 0 Å². The zero-order valence-electron chi connectivity index (χ0n) is 9.39. The Hall–Kier alpha value is -1.15. The summed E-state index contributed by atoms with van der Waals surface area (Å²) in [6, 6.07) is 16.2. The molecule has 0 fully saturated rings. The molecule has 4 heteroatoms. The van der Waals surface area contributed by atoms with Crippen molar-refractivity contribution in [3.63, 3.8) is 0 Å². The van der Waals surface area contributed by atoms with Crippen molar-refractivity contribution in [2.45, 2.75) is 0 Å². The molecule has 0 unspecified atom stereocenters. The molecule has 0 aliphatic heterocycles. The van der Waals surface area contributed by atoms with E-state index in [1.165, 1.54) is 16.5 Å². The van der Waals surface area contributed by atoms with Crippen molar-refractivity contribution in [2.24, 2.45) is 0 Å². The van der Waals surface area contributed by atoms with Gasteiger partial charge in [-0.15, -0.1) is 24.8 Å². The highest BCUT2D eigenvalue weighted by Crippen LogP contribution is 2.30. The number of aromatic nitrogens is 1. The molecular formula is C14H12Cl3N. The van der Waals surface area contributed by atoms with Gasteiger partial charge >= 0.3 is 0 Å². The van der Waals surface area contributed by atoms with Crippen molar-refractivity contribution in [3.05, 3.63) is 59.8 Å². The fourth-order valence-corrected chi connectivity index (χ4v) is 2.12. The van der Waals surface area contributed by atoms with Crippen molar-refractivity contribution in [1.82, 2.24) is 4.98 Å². The van der Waals surface area contributed by atoms with Gasteiger partial charge < -0.3 is 4.98 Å². The minimum atomic E-state index is 0. The quantitative estimate of drug-likeness (QED) is 0.625. The van der Waals surface area contributed by atoms with E-state index in [1.807, 2.05) is 42.6 Å². The van der Waals surface area contributed by atoms with E-state index in [0.29, 0.717) is 0 Å². The molecule has 3 aromatic rings. The molecule has 0 spiro atoms. The maximum atomic E-state index is 6.02. The van der Waals surface area contributed by atoms with Gasteiger partial charge in [-0.25, -0.2) is 0 Å². The molecular weight excluding hydrogens is 289 g/mol. The van der Waals surface area contributed by atoms with Crippen LogP contribution in [0.5, 0.6) is 0 Å². The van der Waals surface area contributed by atoms with Crippen LogP contribution in [0.3, 0.4) is 0 Å². The number of rotatable bonds is 1. The van der Waals surface area contributed by atoms with Crippen molar-refractivity contribution in [3.8, 4) is 11.1 Å². The third-order valence-electron chi connectivity index (χ3n) is 2.73. The molecule has 0 saturated heterocycles. The molecule has 0 amide bonds. The van der Waals surface area contributed by atoms with Crippen molar-refractivity contribution >= 4 is 47.3 Å². The first kappa shape index (κ1) is 14.9. The molecule has 0 bridgehead atoms. The summed E-state index contributed by atoms with van der Waals surface area (Å²) < 4.78 is 0. The number of H-pyrrole nitrogens is 1. The van der Waals surface area contributed by atoms with Crippen LogP contribution >= 0.6 is 36.4 Å². The first-order valence-corrected chi connectivity index (χ1v) is 5.54. The second kappa shape index (κ2) is 6.14. The van der Waals surface area contributed by atoms with Crippen LogP contribution in [0.25, 0.3) is 22.0 Å². The van der Waals surface area contributed by atoms with Gasteiger partial charge in [-0.3, -0.25) is 0 Å². The van der Waals surface area contributed by atoms with E-state index in [9.17, 15) is 0 Å². The minimum Gasteiger partial charge on any atom is -0.361 e. The summed E-state index contributed by atoms with van der Waals surface area (Å²) in [6.45, 7) is 0. The molecule has 2 aromatic carbocycles. The van der Waals surface area contributed by atoms with Gasteiger partial charge in [0.05, 0.1) is 0 Å². The number of hydrogen-bond acceptors (Lipinski definition) is 0. The minimum absolute atomic E-state index is 0. The smallest absolute Gasteiger partial charge is 0.0461 e. The molecule has 94 valence electrons. The van der Waals surface area contributed by atoms with Gasteiger partial charge in [-0.05, 0) is 23.8 Å². The molecule has 18 heavy (non-hydrogen) atoms. The Balaban J connectivity index is 0.000000810. The first-order valence-electron chi connectivity index (χ1n) is 5.17. The fourth-order valence-electron chi connectivity index (χ4n) is 1.95. The van der Waals surface area contributed by atoms with Gasteiger partial charge in [-0.1, -0.05) is 41.9 Å². The lowest BCUT2D eigenvalue weighted by molar-refractivity contribution is 1.47. The third-order valence-corrected chi connectivity index (χ3v) is 2.96. The second-order valence-corrected chi connectivity index (χ2v) is 4.19. The van der Waals surface area contributed by atoms with Gasteiger partial charge in [0.25, 0.3) is 0 Å². The Morgan fingerprint density at radius 1 is 0.889 bits per heavy atom. The van der Waals surface area contributed by atoms with E-state index in [0.717, 1.165) is 10.5 Å². The molecule has 0 aliphatic carbocycles. The number of benzene rings is 2. The third kappa shape index (κ3) is 2.64. The Morgan fingerprint density at radius 2 is 1.61 bits per heavy atom. The maximum absolute atomic E-state index is 6.02. The topological polar surface area (TPSA) is 15.8 Å². The molecule has 0 saturated carbocycles. The molecule has 1 nitrogen and oxygen atoms in total. The molecule has 0 radical (unpaired) electrons. The molecule has 1 aromatic heterocycles. The van der Waals surface area contributed by atoms with Gasteiger partial charge in [0.2, 0.25) is 0 Å². The van der Waals surface area contributed by atoms with Crippen LogP contribution in [-0.2, 0) is 0 Å².